The number of piperidine rings is 1. The fourth-order valence-electron chi connectivity index (χ4n) is 3.22. The molecule has 0 saturated carbocycles. The van der Waals surface area contributed by atoms with Crippen molar-refractivity contribution < 1.29 is 18.0 Å². The maximum atomic E-state index is 13.9. The molecule has 2 aliphatic heterocycles. The summed E-state index contributed by atoms with van der Waals surface area (Å²) in [5.74, 6) is -3.52. The minimum Gasteiger partial charge on any atom is -0.367 e. The lowest BCUT2D eigenvalue weighted by molar-refractivity contribution is -0.124. The monoisotopic (exact) mass is 363 g/mol. The van der Waals surface area contributed by atoms with E-state index in [1.54, 1.807) is 18.2 Å². The van der Waals surface area contributed by atoms with Gasteiger partial charge in [-0.15, -0.1) is 12.4 Å². The van der Waals surface area contributed by atoms with Crippen LogP contribution in [-0.4, -0.2) is 43.5 Å². The van der Waals surface area contributed by atoms with Crippen molar-refractivity contribution in [1.82, 2.24) is 10.6 Å². The normalized spacial score (nSPS) is 25.9. The molecule has 0 aromatic heterocycles. The highest BCUT2D eigenvalue weighted by molar-refractivity contribution is 5.85. The zero-order chi connectivity index (χ0) is 16.4. The predicted molar refractivity (Wildman–Crippen MR) is 88.4 cm³/mol. The largest absolute Gasteiger partial charge is 0.367 e. The van der Waals surface area contributed by atoms with E-state index in [1.165, 1.54) is 6.07 Å². The minimum absolute atomic E-state index is 0. The van der Waals surface area contributed by atoms with Crippen LogP contribution >= 0.6 is 12.4 Å². The maximum Gasteiger partial charge on any atom is 0.262 e. The second-order valence-electron chi connectivity index (χ2n) is 6.24. The zero-order valence-corrected chi connectivity index (χ0v) is 13.9. The van der Waals surface area contributed by atoms with Gasteiger partial charge in [0.05, 0.1) is 18.3 Å². The van der Waals surface area contributed by atoms with Crippen molar-refractivity contribution in [2.75, 3.05) is 24.5 Å². The van der Waals surface area contributed by atoms with E-state index >= 15 is 0 Å². The Morgan fingerprint density at radius 3 is 2.75 bits per heavy atom. The zero-order valence-electron chi connectivity index (χ0n) is 13.1. The van der Waals surface area contributed by atoms with E-state index in [9.17, 15) is 18.0 Å². The number of hydrogen-bond donors (Lipinski definition) is 2. The number of alkyl halides is 2. The fourth-order valence-corrected chi connectivity index (χ4v) is 3.22. The minimum atomic E-state index is -2.83. The summed E-state index contributed by atoms with van der Waals surface area (Å²) >= 11 is 0. The van der Waals surface area contributed by atoms with Crippen molar-refractivity contribution in [3.63, 3.8) is 0 Å². The highest BCUT2D eigenvalue weighted by Crippen LogP contribution is 2.26. The topological polar surface area (TPSA) is 44.4 Å². The second-order valence-corrected chi connectivity index (χ2v) is 6.24. The summed E-state index contributed by atoms with van der Waals surface area (Å²) in [4.78, 5) is 14.0. The Morgan fingerprint density at radius 1 is 1.33 bits per heavy atom. The molecule has 2 aliphatic rings. The number of nitrogens with one attached hydrogen (secondary N) is 2. The van der Waals surface area contributed by atoms with Crippen LogP contribution in [0, 0.1) is 5.82 Å². The molecule has 134 valence electrons. The lowest BCUT2D eigenvalue weighted by Crippen LogP contribution is -2.52. The molecule has 8 heteroatoms. The number of benzene rings is 1. The molecule has 4 nitrogen and oxygen atoms in total. The summed E-state index contributed by atoms with van der Waals surface area (Å²) in [5.41, 5.74) is 0.511. The number of hydrogen-bond acceptors (Lipinski definition) is 3. The molecule has 2 N–H and O–H groups in total. The van der Waals surface area contributed by atoms with Gasteiger partial charge in [-0.3, -0.25) is 10.1 Å². The molecular weight excluding hydrogens is 343 g/mol. The van der Waals surface area contributed by atoms with Gasteiger partial charge in [0.2, 0.25) is 5.91 Å². The first-order chi connectivity index (χ1) is 10.9. The average molecular weight is 364 g/mol. The van der Waals surface area contributed by atoms with E-state index in [-0.39, 0.29) is 24.3 Å². The van der Waals surface area contributed by atoms with Gasteiger partial charge < -0.3 is 10.2 Å². The van der Waals surface area contributed by atoms with Crippen molar-refractivity contribution in [3.05, 3.63) is 30.1 Å². The molecule has 0 bridgehead atoms. The molecule has 2 heterocycles. The standard InChI is InChI=1S/C16H20F3N3O.ClH/c17-12-5-1-2-6-14(12)22-7-3-4-11(9-22)21-15(23)13-8-16(18,19)10-20-13;/h1-2,5-6,11,13,20H,3-4,7-10H2,(H,21,23);1H. The average Bonchev–Trinajstić information content (AvgIpc) is 2.88. The van der Waals surface area contributed by atoms with Crippen LogP contribution < -0.4 is 15.5 Å². The molecule has 1 aromatic rings. The van der Waals surface area contributed by atoms with Crippen LogP contribution in [0.4, 0.5) is 18.9 Å². The van der Waals surface area contributed by atoms with Crippen molar-refractivity contribution >= 4 is 24.0 Å². The fraction of sp³-hybridized carbons (Fsp3) is 0.562. The third kappa shape index (κ3) is 4.33. The third-order valence-corrected chi connectivity index (χ3v) is 4.39. The molecule has 24 heavy (non-hydrogen) atoms. The Balaban J connectivity index is 0.00000208. The Morgan fingerprint density at radius 2 is 2.08 bits per heavy atom. The number of rotatable bonds is 3. The number of para-hydroxylation sites is 1. The van der Waals surface area contributed by atoms with Gasteiger partial charge in [-0.25, -0.2) is 13.2 Å². The lowest BCUT2D eigenvalue weighted by Gasteiger charge is -2.35. The maximum absolute atomic E-state index is 13.9. The smallest absolute Gasteiger partial charge is 0.262 e. The van der Waals surface area contributed by atoms with Crippen LogP contribution in [0.3, 0.4) is 0 Å². The number of nitrogens with zero attached hydrogens (tertiary/aromatic N) is 1. The molecule has 2 fully saturated rings. The quantitative estimate of drug-likeness (QED) is 0.866. The first-order valence-electron chi connectivity index (χ1n) is 7.86. The van der Waals surface area contributed by atoms with Gasteiger partial charge in [-0.05, 0) is 25.0 Å². The Kier molecular flexibility index (Phi) is 5.98. The van der Waals surface area contributed by atoms with Gasteiger partial charge in [0, 0.05) is 25.6 Å². The van der Waals surface area contributed by atoms with Gasteiger partial charge in [-0.1, -0.05) is 12.1 Å². The van der Waals surface area contributed by atoms with Crippen LogP contribution in [0.2, 0.25) is 0 Å². The highest BCUT2D eigenvalue weighted by atomic mass is 35.5. The summed E-state index contributed by atoms with van der Waals surface area (Å²) < 4.78 is 40.2. The van der Waals surface area contributed by atoms with E-state index in [1.807, 2.05) is 4.90 Å². The van der Waals surface area contributed by atoms with E-state index in [0.29, 0.717) is 18.8 Å². The number of amides is 1. The first kappa shape index (κ1) is 18.9. The molecule has 1 aromatic carbocycles. The summed E-state index contributed by atoms with van der Waals surface area (Å²) in [6, 6.07) is 5.50. The predicted octanol–water partition coefficient (Wildman–Crippen LogP) is 2.33. The molecule has 0 spiro atoms. The van der Waals surface area contributed by atoms with Gasteiger partial charge in [0.1, 0.15) is 5.82 Å². The molecule has 2 unspecified atom stereocenters. The Labute approximate surface area is 145 Å². The summed E-state index contributed by atoms with van der Waals surface area (Å²) in [6.07, 6.45) is 1.11. The number of carbonyl (C=O) groups is 1. The van der Waals surface area contributed by atoms with Gasteiger partial charge >= 0.3 is 0 Å². The molecule has 1 amide bonds. The SMILES string of the molecule is Cl.O=C(NC1CCCN(c2ccccc2F)C1)C1CC(F)(F)CN1. The molecule has 2 saturated heterocycles. The van der Waals surface area contributed by atoms with Crippen molar-refractivity contribution in [1.29, 1.82) is 0 Å². The molecule has 0 radical (unpaired) electrons. The van der Waals surface area contributed by atoms with Crippen LogP contribution in [0.15, 0.2) is 24.3 Å². The molecular formula is C16H21ClF3N3O. The Hall–Kier alpha value is -1.47. The van der Waals surface area contributed by atoms with E-state index < -0.39 is 30.8 Å². The number of anilines is 1. The van der Waals surface area contributed by atoms with Crippen LogP contribution in [0.1, 0.15) is 19.3 Å². The summed E-state index contributed by atoms with van der Waals surface area (Å²) in [6.45, 7) is 0.736. The summed E-state index contributed by atoms with van der Waals surface area (Å²) in [7, 11) is 0. The van der Waals surface area contributed by atoms with E-state index in [0.717, 1.165) is 12.8 Å². The van der Waals surface area contributed by atoms with Crippen molar-refractivity contribution in [2.24, 2.45) is 0 Å². The molecule has 2 atom stereocenters. The second kappa shape index (κ2) is 7.61. The van der Waals surface area contributed by atoms with E-state index in [4.69, 9.17) is 0 Å². The van der Waals surface area contributed by atoms with E-state index in [2.05, 4.69) is 10.6 Å². The van der Waals surface area contributed by atoms with Crippen molar-refractivity contribution in [3.8, 4) is 0 Å². The first-order valence-corrected chi connectivity index (χ1v) is 7.86. The van der Waals surface area contributed by atoms with Crippen molar-refractivity contribution in [2.45, 2.75) is 37.3 Å². The van der Waals surface area contributed by atoms with Gasteiger partial charge in [0.25, 0.3) is 5.92 Å². The summed E-state index contributed by atoms with van der Waals surface area (Å²) in [5, 5.41) is 5.37. The van der Waals surface area contributed by atoms with Crippen LogP contribution in [-0.2, 0) is 4.79 Å². The lowest BCUT2D eigenvalue weighted by atomic mass is 10.0. The van der Waals surface area contributed by atoms with Crippen LogP contribution in [0.25, 0.3) is 0 Å². The molecule has 0 aliphatic carbocycles. The highest BCUT2D eigenvalue weighted by Gasteiger charge is 2.42. The van der Waals surface area contributed by atoms with Gasteiger partial charge in [0.15, 0.2) is 0 Å². The Bertz CT molecular complexity index is 587. The molecule has 3 rings (SSSR count). The number of carbonyl (C=O) groups excluding carboxylic acids is 1. The number of halogens is 4. The van der Waals surface area contributed by atoms with Gasteiger partial charge in [-0.2, -0.15) is 0 Å². The van der Waals surface area contributed by atoms with Crippen LogP contribution in [0.5, 0.6) is 0 Å². The third-order valence-electron chi connectivity index (χ3n) is 4.39.